The number of carbonyl (C=O) groups is 2. The van der Waals surface area contributed by atoms with Crippen LogP contribution in [0.2, 0.25) is 0 Å². The minimum Gasteiger partial charge on any atom is -0.372 e. The number of aryl methyl sites for hydroxylation is 1. The van der Waals surface area contributed by atoms with E-state index in [1.807, 2.05) is 6.07 Å². The summed E-state index contributed by atoms with van der Waals surface area (Å²) in [5.41, 5.74) is 1.94. The van der Waals surface area contributed by atoms with E-state index in [0.717, 1.165) is 29.6 Å². The second-order valence-corrected chi connectivity index (χ2v) is 8.73. The summed E-state index contributed by atoms with van der Waals surface area (Å²) in [7, 11) is 1.60. The first-order valence-corrected chi connectivity index (χ1v) is 10.5. The number of benzene rings is 1. The Labute approximate surface area is 176 Å². The van der Waals surface area contributed by atoms with Crippen molar-refractivity contribution in [3.8, 4) is 0 Å². The maximum Gasteiger partial charge on any atom is 0.220 e. The molecule has 1 aromatic heterocycles. The lowest BCUT2D eigenvalue weighted by atomic mass is 9.62. The lowest BCUT2D eigenvalue weighted by Gasteiger charge is -2.44. The Balaban J connectivity index is 1.25. The lowest BCUT2D eigenvalue weighted by Crippen LogP contribution is -2.53. The molecule has 8 heteroatoms. The van der Waals surface area contributed by atoms with Crippen LogP contribution in [-0.2, 0) is 14.3 Å². The van der Waals surface area contributed by atoms with Gasteiger partial charge in [0, 0.05) is 43.8 Å². The first-order chi connectivity index (χ1) is 14.4. The van der Waals surface area contributed by atoms with Gasteiger partial charge >= 0.3 is 0 Å². The molecule has 0 atom stereocenters. The molecular formula is C22H29N5O3. The fourth-order valence-electron chi connectivity index (χ4n) is 4.64. The number of anilines is 1. The predicted molar refractivity (Wildman–Crippen MR) is 114 cm³/mol. The Bertz CT molecular complexity index is 955. The van der Waals surface area contributed by atoms with Crippen molar-refractivity contribution in [2.24, 2.45) is 5.41 Å². The molecule has 160 valence electrons. The smallest absolute Gasteiger partial charge is 0.220 e. The van der Waals surface area contributed by atoms with Gasteiger partial charge in [-0.15, -0.1) is 0 Å². The highest BCUT2D eigenvalue weighted by molar-refractivity contribution is 5.89. The molecule has 3 fully saturated rings. The summed E-state index contributed by atoms with van der Waals surface area (Å²) in [5.74, 6) is 0.791. The van der Waals surface area contributed by atoms with Crippen molar-refractivity contribution >= 4 is 28.5 Å². The van der Waals surface area contributed by atoms with Crippen LogP contribution in [0.5, 0.6) is 0 Å². The molecule has 30 heavy (non-hydrogen) atoms. The van der Waals surface area contributed by atoms with E-state index in [0.29, 0.717) is 39.0 Å². The number of aromatic nitrogens is 2. The van der Waals surface area contributed by atoms with Crippen molar-refractivity contribution in [2.45, 2.75) is 44.6 Å². The fourth-order valence-corrected chi connectivity index (χ4v) is 4.64. The standard InChI is InChI=1S/C22H29N5O3/c1-15-6-7-16-17(8-15)26-14-27-20(16)25-12-22-9-21(10-22,13-30-22)11-24-19(29)5-3-4-18(28)23-2/h6-8,14H,3-5,9-13H2,1-2H3,(H,23,28)(H,24,29)(H,25,26,27). The van der Waals surface area contributed by atoms with Crippen LogP contribution in [0.25, 0.3) is 10.9 Å². The van der Waals surface area contributed by atoms with E-state index in [1.54, 1.807) is 13.4 Å². The quantitative estimate of drug-likeness (QED) is 0.582. The maximum absolute atomic E-state index is 12.1. The number of nitrogens with one attached hydrogen (secondary N) is 3. The monoisotopic (exact) mass is 411 g/mol. The van der Waals surface area contributed by atoms with Crippen LogP contribution in [0.3, 0.4) is 0 Å². The Morgan fingerprint density at radius 1 is 1.13 bits per heavy atom. The molecule has 8 nitrogen and oxygen atoms in total. The third kappa shape index (κ3) is 4.23. The van der Waals surface area contributed by atoms with E-state index < -0.39 is 0 Å². The first kappa shape index (κ1) is 20.5. The summed E-state index contributed by atoms with van der Waals surface area (Å²) in [6.45, 7) is 4.03. The van der Waals surface area contributed by atoms with Gasteiger partial charge in [-0.25, -0.2) is 9.97 Å². The minimum absolute atomic E-state index is 0.00134. The molecule has 1 aliphatic carbocycles. The normalized spacial score (nSPS) is 24.3. The number of rotatable bonds is 9. The number of carbonyl (C=O) groups excluding carboxylic acids is 2. The summed E-state index contributed by atoms with van der Waals surface area (Å²) < 4.78 is 6.12. The van der Waals surface area contributed by atoms with E-state index in [-0.39, 0.29) is 22.8 Å². The van der Waals surface area contributed by atoms with Gasteiger partial charge in [-0.1, -0.05) is 6.07 Å². The van der Waals surface area contributed by atoms with E-state index in [1.165, 1.54) is 5.56 Å². The van der Waals surface area contributed by atoms with Crippen LogP contribution in [0, 0.1) is 12.3 Å². The number of ether oxygens (including phenoxy) is 1. The van der Waals surface area contributed by atoms with Crippen molar-refractivity contribution < 1.29 is 14.3 Å². The number of hydrogen-bond acceptors (Lipinski definition) is 6. The van der Waals surface area contributed by atoms with Crippen LogP contribution in [-0.4, -0.2) is 54.1 Å². The third-order valence-corrected chi connectivity index (χ3v) is 6.20. The van der Waals surface area contributed by atoms with Gasteiger partial charge in [0.25, 0.3) is 0 Å². The van der Waals surface area contributed by atoms with Gasteiger partial charge in [0.2, 0.25) is 11.8 Å². The van der Waals surface area contributed by atoms with Crippen LogP contribution in [0.4, 0.5) is 5.82 Å². The Morgan fingerprint density at radius 3 is 2.73 bits per heavy atom. The van der Waals surface area contributed by atoms with Crippen molar-refractivity contribution in [2.75, 3.05) is 32.1 Å². The predicted octanol–water partition coefficient (Wildman–Crippen LogP) is 1.93. The number of hydrogen-bond donors (Lipinski definition) is 3. The molecule has 3 heterocycles. The van der Waals surface area contributed by atoms with Gasteiger partial charge in [-0.2, -0.15) is 0 Å². The highest BCUT2D eigenvalue weighted by Gasteiger charge is 2.62. The summed E-state index contributed by atoms with van der Waals surface area (Å²) in [6.07, 6.45) is 4.75. The zero-order valence-corrected chi connectivity index (χ0v) is 17.6. The van der Waals surface area contributed by atoms with Gasteiger partial charge in [0.15, 0.2) is 0 Å². The second kappa shape index (κ2) is 8.18. The zero-order chi connectivity index (χ0) is 21.2. The zero-order valence-electron chi connectivity index (χ0n) is 17.6. The summed E-state index contributed by atoms with van der Waals surface area (Å²) in [5, 5.41) is 10.0. The first-order valence-electron chi connectivity index (χ1n) is 10.5. The van der Waals surface area contributed by atoms with Crippen LogP contribution >= 0.6 is 0 Å². The summed E-state index contributed by atoms with van der Waals surface area (Å²) in [4.78, 5) is 32.0. The Hall–Kier alpha value is -2.74. The highest BCUT2D eigenvalue weighted by Crippen LogP contribution is 2.57. The molecule has 1 saturated carbocycles. The molecular weight excluding hydrogens is 382 g/mol. The second-order valence-electron chi connectivity index (χ2n) is 8.73. The van der Waals surface area contributed by atoms with E-state index >= 15 is 0 Å². The van der Waals surface area contributed by atoms with Gasteiger partial charge in [-0.3, -0.25) is 9.59 Å². The molecule has 2 aromatic rings. The molecule has 3 N–H and O–H groups in total. The molecule has 0 radical (unpaired) electrons. The van der Waals surface area contributed by atoms with Crippen LogP contribution in [0.15, 0.2) is 24.5 Å². The van der Waals surface area contributed by atoms with E-state index in [4.69, 9.17) is 4.74 Å². The molecule has 1 aromatic carbocycles. The summed E-state index contributed by atoms with van der Waals surface area (Å²) in [6, 6.07) is 6.16. The molecule has 2 saturated heterocycles. The molecule has 0 spiro atoms. The van der Waals surface area contributed by atoms with Crippen LogP contribution < -0.4 is 16.0 Å². The summed E-state index contributed by atoms with van der Waals surface area (Å²) >= 11 is 0. The SMILES string of the molecule is CNC(=O)CCCC(=O)NCC12COC(CNc3ncnc4cc(C)ccc34)(C1)C2. The van der Waals surface area contributed by atoms with Crippen molar-refractivity contribution in [1.82, 2.24) is 20.6 Å². The molecule has 2 bridgehead atoms. The molecule has 5 rings (SSSR count). The van der Waals surface area contributed by atoms with Crippen molar-refractivity contribution in [3.05, 3.63) is 30.1 Å². The van der Waals surface area contributed by atoms with E-state index in [9.17, 15) is 9.59 Å². The molecule has 2 aliphatic heterocycles. The fraction of sp³-hybridized carbons (Fsp3) is 0.545. The van der Waals surface area contributed by atoms with Gasteiger partial charge in [0.1, 0.15) is 12.1 Å². The Kier molecular flexibility index (Phi) is 5.60. The number of amides is 2. The van der Waals surface area contributed by atoms with Gasteiger partial charge in [-0.05, 0) is 43.9 Å². The molecule has 3 aliphatic rings. The maximum atomic E-state index is 12.1. The average molecular weight is 412 g/mol. The largest absolute Gasteiger partial charge is 0.372 e. The Morgan fingerprint density at radius 2 is 1.93 bits per heavy atom. The molecule has 0 unspecified atom stereocenters. The van der Waals surface area contributed by atoms with Crippen LogP contribution in [0.1, 0.15) is 37.7 Å². The van der Waals surface area contributed by atoms with Crippen molar-refractivity contribution in [1.29, 1.82) is 0 Å². The van der Waals surface area contributed by atoms with Crippen molar-refractivity contribution in [3.63, 3.8) is 0 Å². The van der Waals surface area contributed by atoms with E-state index in [2.05, 4.69) is 45.0 Å². The number of fused-ring (bicyclic) bond motifs is 2. The third-order valence-electron chi connectivity index (χ3n) is 6.20. The number of nitrogens with zero attached hydrogens (tertiary/aromatic N) is 2. The van der Waals surface area contributed by atoms with Gasteiger partial charge < -0.3 is 20.7 Å². The minimum atomic E-state index is -0.189. The topological polar surface area (TPSA) is 105 Å². The van der Waals surface area contributed by atoms with Gasteiger partial charge in [0.05, 0.1) is 17.7 Å². The average Bonchev–Trinajstić information content (AvgIpc) is 3.26. The highest BCUT2D eigenvalue weighted by atomic mass is 16.5. The lowest BCUT2D eigenvalue weighted by molar-refractivity contribution is -0.122. The molecule has 2 amide bonds.